The van der Waals surface area contributed by atoms with Gasteiger partial charge < -0.3 is 19.9 Å². The van der Waals surface area contributed by atoms with E-state index in [0.29, 0.717) is 24.5 Å². The highest BCUT2D eigenvalue weighted by Crippen LogP contribution is 2.15. The zero-order valence-corrected chi connectivity index (χ0v) is 14.5. The van der Waals surface area contributed by atoms with Crippen LogP contribution in [-0.4, -0.2) is 41.9 Å². The van der Waals surface area contributed by atoms with E-state index in [1.807, 2.05) is 25.1 Å². The van der Waals surface area contributed by atoms with Gasteiger partial charge in [-0.1, -0.05) is 12.1 Å². The minimum Gasteiger partial charge on any atom is -0.491 e. The lowest BCUT2D eigenvalue weighted by molar-refractivity contribution is 0.0525. The van der Waals surface area contributed by atoms with Crippen molar-refractivity contribution in [1.29, 1.82) is 0 Å². The lowest BCUT2D eigenvalue weighted by Crippen LogP contribution is -2.33. The second-order valence-electron chi connectivity index (χ2n) is 5.60. The quantitative estimate of drug-likeness (QED) is 0.680. The van der Waals surface area contributed by atoms with Crippen molar-refractivity contribution < 1.29 is 19.4 Å². The van der Waals surface area contributed by atoms with Gasteiger partial charge in [-0.3, -0.25) is 4.98 Å². The molecule has 0 radical (unpaired) electrons. The summed E-state index contributed by atoms with van der Waals surface area (Å²) in [5, 5.41) is 13.3. The van der Waals surface area contributed by atoms with Crippen LogP contribution >= 0.6 is 0 Å². The van der Waals surface area contributed by atoms with Crippen LogP contribution in [0.15, 0.2) is 48.7 Å². The maximum absolute atomic E-state index is 11.7. The fraction of sp³-hybridized carbons (Fsp3) is 0.368. The molecule has 134 valence electrons. The number of pyridine rings is 1. The molecule has 6 nitrogen and oxygen atoms in total. The largest absolute Gasteiger partial charge is 0.491 e. The van der Waals surface area contributed by atoms with E-state index in [-0.39, 0.29) is 18.6 Å². The minimum absolute atomic E-state index is 0.0305. The number of nitrogens with one attached hydrogen (secondary N) is 1. The average Bonchev–Trinajstić information content (AvgIpc) is 2.65. The van der Waals surface area contributed by atoms with Crippen LogP contribution < -0.4 is 10.1 Å². The molecule has 1 aromatic heterocycles. The molecule has 0 aliphatic heterocycles. The summed E-state index contributed by atoms with van der Waals surface area (Å²) in [7, 11) is 0. The number of rotatable bonds is 9. The molecule has 0 bridgehead atoms. The highest BCUT2D eigenvalue weighted by molar-refractivity contribution is 5.89. The van der Waals surface area contributed by atoms with E-state index in [1.54, 1.807) is 37.4 Å². The molecule has 0 saturated heterocycles. The monoisotopic (exact) mass is 344 g/mol. The summed E-state index contributed by atoms with van der Waals surface area (Å²) in [6, 6.07) is 12.5. The zero-order valence-electron chi connectivity index (χ0n) is 14.5. The van der Waals surface area contributed by atoms with Crippen molar-refractivity contribution in [1.82, 2.24) is 10.3 Å². The summed E-state index contributed by atoms with van der Waals surface area (Å²) in [5.41, 5.74) is 1.34. The molecule has 25 heavy (non-hydrogen) atoms. The van der Waals surface area contributed by atoms with E-state index in [0.717, 1.165) is 5.69 Å². The van der Waals surface area contributed by atoms with Gasteiger partial charge in [-0.25, -0.2) is 4.79 Å². The van der Waals surface area contributed by atoms with Crippen molar-refractivity contribution in [2.45, 2.75) is 26.0 Å². The third-order valence-corrected chi connectivity index (χ3v) is 3.58. The molecule has 1 heterocycles. The Morgan fingerprint density at radius 3 is 2.84 bits per heavy atom. The zero-order chi connectivity index (χ0) is 18.1. The third-order valence-electron chi connectivity index (χ3n) is 3.58. The molecule has 0 fully saturated rings. The molecular weight excluding hydrogens is 320 g/mol. The Hall–Kier alpha value is -2.44. The molecule has 2 atom stereocenters. The van der Waals surface area contributed by atoms with Crippen LogP contribution in [0.4, 0.5) is 0 Å². The highest BCUT2D eigenvalue weighted by atomic mass is 16.5. The SMILES string of the molecule is CCOC(=O)c1cccc(OC[C@@H](O)CN[C@H](C)c2ccccn2)c1. The molecule has 2 aromatic rings. The number of benzene rings is 1. The lowest BCUT2D eigenvalue weighted by Gasteiger charge is -2.17. The standard InChI is InChI=1S/C19H24N2O4/c1-3-24-19(23)15-7-6-8-17(11-15)25-13-16(22)12-21-14(2)18-9-4-5-10-20-18/h4-11,14,16,21-22H,3,12-13H2,1-2H3/t14-,16+/m1/s1. The molecule has 0 aliphatic rings. The van der Waals surface area contributed by atoms with Crippen molar-refractivity contribution in [3.05, 3.63) is 59.9 Å². The minimum atomic E-state index is -0.683. The van der Waals surface area contributed by atoms with Crippen molar-refractivity contribution in [3.8, 4) is 5.75 Å². The van der Waals surface area contributed by atoms with Gasteiger partial charge in [0.15, 0.2) is 0 Å². The molecule has 0 amide bonds. The van der Waals surface area contributed by atoms with Crippen molar-refractivity contribution in [2.24, 2.45) is 0 Å². The van der Waals surface area contributed by atoms with Crippen molar-refractivity contribution >= 4 is 5.97 Å². The summed E-state index contributed by atoms with van der Waals surface area (Å²) in [4.78, 5) is 16.0. The third kappa shape index (κ3) is 6.17. The number of nitrogens with zero attached hydrogens (tertiary/aromatic N) is 1. The summed E-state index contributed by atoms with van der Waals surface area (Å²) in [5.74, 6) is 0.127. The topological polar surface area (TPSA) is 80.7 Å². The van der Waals surface area contributed by atoms with Crippen LogP contribution in [0, 0.1) is 0 Å². The van der Waals surface area contributed by atoms with Gasteiger partial charge in [0.2, 0.25) is 0 Å². The van der Waals surface area contributed by atoms with Crippen molar-refractivity contribution in [3.63, 3.8) is 0 Å². The van der Waals surface area contributed by atoms with E-state index in [1.165, 1.54) is 0 Å². The van der Waals surface area contributed by atoms with E-state index in [2.05, 4.69) is 10.3 Å². The first-order chi connectivity index (χ1) is 12.1. The van der Waals surface area contributed by atoms with Gasteiger partial charge in [0.05, 0.1) is 17.9 Å². The Balaban J connectivity index is 1.79. The normalized spacial score (nSPS) is 13.1. The molecule has 1 aromatic carbocycles. The maximum Gasteiger partial charge on any atom is 0.338 e. The van der Waals surface area contributed by atoms with Crippen LogP contribution in [-0.2, 0) is 4.74 Å². The molecule has 0 unspecified atom stereocenters. The molecule has 0 aliphatic carbocycles. The Morgan fingerprint density at radius 2 is 2.12 bits per heavy atom. The predicted octanol–water partition coefficient (Wildman–Crippen LogP) is 2.35. The number of carbonyl (C=O) groups excluding carboxylic acids is 1. The van der Waals surface area contributed by atoms with Gasteiger partial charge in [-0.05, 0) is 44.2 Å². The Kier molecular flexibility index (Phi) is 7.37. The Bertz CT molecular complexity index is 663. The number of hydrogen-bond donors (Lipinski definition) is 2. The first kappa shape index (κ1) is 18.9. The second kappa shape index (κ2) is 9.76. The molecule has 6 heteroatoms. The van der Waals surface area contributed by atoms with E-state index >= 15 is 0 Å². The molecular formula is C19H24N2O4. The van der Waals surface area contributed by atoms with Gasteiger partial charge in [-0.2, -0.15) is 0 Å². The van der Waals surface area contributed by atoms with Gasteiger partial charge in [0, 0.05) is 18.8 Å². The summed E-state index contributed by atoms with van der Waals surface area (Å²) < 4.78 is 10.5. The van der Waals surface area contributed by atoms with Gasteiger partial charge in [0.1, 0.15) is 18.5 Å². The number of ether oxygens (including phenoxy) is 2. The molecule has 0 saturated carbocycles. The van der Waals surface area contributed by atoms with E-state index < -0.39 is 6.10 Å². The van der Waals surface area contributed by atoms with Crippen LogP contribution in [0.3, 0.4) is 0 Å². The first-order valence-electron chi connectivity index (χ1n) is 8.32. The summed E-state index contributed by atoms with van der Waals surface area (Å²) in [6.07, 6.45) is 1.06. The smallest absolute Gasteiger partial charge is 0.338 e. The van der Waals surface area contributed by atoms with E-state index in [9.17, 15) is 9.90 Å². The van der Waals surface area contributed by atoms with Crippen LogP contribution in [0.25, 0.3) is 0 Å². The van der Waals surface area contributed by atoms with Gasteiger partial charge >= 0.3 is 5.97 Å². The highest BCUT2D eigenvalue weighted by Gasteiger charge is 2.11. The number of esters is 1. The van der Waals surface area contributed by atoms with Crippen LogP contribution in [0.5, 0.6) is 5.75 Å². The fourth-order valence-electron chi connectivity index (χ4n) is 2.23. The first-order valence-corrected chi connectivity index (χ1v) is 8.32. The number of aliphatic hydroxyl groups excluding tert-OH is 1. The van der Waals surface area contributed by atoms with Crippen molar-refractivity contribution in [2.75, 3.05) is 19.8 Å². The Labute approximate surface area is 147 Å². The van der Waals surface area contributed by atoms with Gasteiger partial charge in [0.25, 0.3) is 0 Å². The second-order valence-corrected chi connectivity index (χ2v) is 5.60. The number of aliphatic hydroxyl groups is 1. The summed E-state index contributed by atoms with van der Waals surface area (Å²) >= 11 is 0. The number of carbonyl (C=O) groups is 1. The molecule has 2 rings (SSSR count). The van der Waals surface area contributed by atoms with Gasteiger partial charge in [-0.15, -0.1) is 0 Å². The van der Waals surface area contributed by atoms with Crippen LogP contribution in [0.2, 0.25) is 0 Å². The number of aromatic nitrogens is 1. The predicted molar refractivity (Wildman–Crippen MR) is 94.6 cm³/mol. The Morgan fingerprint density at radius 1 is 1.28 bits per heavy atom. The lowest BCUT2D eigenvalue weighted by atomic mass is 10.2. The van der Waals surface area contributed by atoms with E-state index in [4.69, 9.17) is 9.47 Å². The molecule has 2 N–H and O–H groups in total. The summed E-state index contributed by atoms with van der Waals surface area (Å²) in [6.45, 7) is 4.55. The van der Waals surface area contributed by atoms with Crippen LogP contribution in [0.1, 0.15) is 35.9 Å². The maximum atomic E-state index is 11.7. The molecule has 0 spiro atoms. The average molecular weight is 344 g/mol. The number of hydrogen-bond acceptors (Lipinski definition) is 6. The fourth-order valence-corrected chi connectivity index (χ4v) is 2.23.